The van der Waals surface area contributed by atoms with E-state index in [4.69, 9.17) is 14.6 Å². The standard InChI is InChI=1S/C9H18F2O4/c1-2-9(10,11)15-8-7-14-6-5-13-4-3-12/h12H,2-8H2,1H3. The summed E-state index contributed by atoms with van der Waals surface area (Å²) in [7, 11) is 0. The molecule has 0 saturated heterocycles. The van der Waals surface area contributed by atoms with E-state index in [0.717, 1.165) is 0 Å². The van der Waals surface area contributed by atoms with Crippen LogP contribution in [0, 0.1) is 0 Å². The van der Waals surface area contributed by atoms with Gasteiger partial charge in [-0.25, -0.2) is 0 Å². The first-order valence-electron chi connectivity index (χ1n) is 4.90. The molecule has 4 nitrogen and oxygen atoms in total. The molecule has 0 amide bonds. The van der Waals surface area contributed by atoms with Gasteiger partial charge in [0.05, 0.1) is 39.6 Å². The van der Waals surface area contributed by atoms with Gasteiger partial charge < -0.3 is 19.3 Å². The first-order valence-corrected chi connectivity index (χ1v) is 4.90. The maximum Gasteiger partial charge on any atom is 0.355 e. The highest BCUT2D eigenvalue weighted by atomic mass is 19.3. The second-order valence-corrected chi connectivity index (χ2v) is 2.79. The van der Waals surface area contributed by atoms with E-state index in [1.807, 2.05) is 0 Å². The van der Waals surface area contributed by atoms with E-state index in [2.05, 4.69) is 4.74 Å². The Labute approximate surface area is 88.1 Å². The molecule has 0 rings (SSSR count). The molecule has 0 aliphatic heterocycles. The topological polar surface area (TPSA) is 47.9 Å². The Kier molecular flexibility index (Phi) is 8.79. The van der Waals surface area contributed by atoms with Gasteiger partial charge in [0, 0.05) is 6.42 Å². The fraction of sp³-hybridized carbons (Fsp3) is 1.00. The monoisotopic (exact) mass is 228 g/mol. The molecule has 0 saturated carbocycles. The van der Waals surface area contributed by atoms with E-state index < -0.39 is 6.11 Å². The average Bonchev–Trinajstić information content (AvgIpc) is 2.22. The zero-order valence-corrected chi connectivity index (χ0v) is 8.88. The predicted octanol–water partition coefficient (Wildman–Crippen LogP) is 1.03. The van der Waals surface area contributed by atoms with Crippen molar-refractivity contribution < 1.29 is 28.1 Å². The van der Waals surface area contributed by atoms with E-state index >= 15 is 0 Å². The number of hydrogen-bond acceptors (Lipinski definition) is 4. The van der Waals surface area contributed by atoms with Crippen LogP contribution in [-0.4, -0.2) is 50.9 Å². The average molecular weight is 228 g/mol. The minimum Gasteiger partial charge on any atom is -0.394 e. The number of ether oxygens (including phenoxy) is 3. The van der Waals surface area contributed by atoms with Crippen LogP contribution in [0.4, 0.5) is 8.78 Å². The lowest BCUT2D eigenvalue weighted by Gasteiger charge is -2.14. The third-order valence-electron chi connectivity index (χ3n) is 1.56. The largest absolute Gasteiger partial charge is 0.394 e. The van der Waals surface area contributed by atoms with E-state index in [-0.39, 0.29) is 32.8 Å². The van der Waals surface area contributed by atoms with Gasteiger partial charge in [-0.2, -0.15) is 8.78 Å². The summed E-state index contributed by atoms with van der Waals surface area (Å²) in [4.78, 5) is 0. The molecule has 15 heavy (non-hydrogen) atoms. The highest BCUT2D eigenvalue weighted by molar-refractivity contribution is 4.46. The van der Waals surface area contributed by atoms with Crippen molar-refractivity contribution in [2.24, 2.45) is 0 Å². The van der Waals surface area contributed by atoms with E-state index in [0.29, 0.717) is 13.2 Å². The van der Waals surface area contributed by atoms with Crippen LogP contribution in [0.25, 0.3) is 0 Å². The van der Waals surface area contributed by atoms with Crippen LogP contribution < -0.4 is 0 Å². The van der Waals surface area contributed by atoms with Crippen LogP contribution in [0.3, 0.4) is 0 Å². The quantitative estimate of drug-likeness (QED) is 0.567. The zero-order chi connectivity index (χ0) is 11.6. The molecule has 0 fully saturated rings. The molecule has 0 aromatic carbocycles. The fourth-order valence-corrected chi connectivity index (χ4v) is 0.738. The number of hydrogen-bond donors (Lipinski definition) is 1. The molecule has 92 valence electrons. The lowest BCUT2D eigenvalue weighted by atomic mass is 10.5. The molecular formula is C9H18F2O4. The van der Waals surface area contributed by atoms with Crippen molar-refractivity contribution in [1.82, 2.24) is 0 Å². The second-order valence-electron chi connectivity index (χ2n) is 2.79. The van der Waals surface area contributed by atoms with Crippen LogP contribution in [0.15, 0.2) is 0 Å². The molecule has 0 radical (unpaired) electrons. The number of alkyl halides is 2. The third kappa shape index (κ3) is 9.99. The molecule has 0 aromatic rings. The molecule has 0 spiro atoms. The van der Waals surface area contributed by atoms with Gasteiger partial charge in [-0.05, 0) is 0 Å². The zero-order valence-electron chi connectivity index (χ0n) is 8.88. The highest BCUT2D eigenvalue weighted by Crippen LogP contribution is 2.18. The van der Waals surface area contributed by atoms with E-state index in [9.17, 15) is 8.78 Å². The van der Waals surface area contributed by atoms with E-state index in [1.165, 1.54) is 6.92 Å². The molecule has 0 bridgehead atoms. The lowest BCUT2D eigenvalue weighted by Crippen LogP contribution is -2.22. The molecule has 0 heterocycles. The summed E-state index contributed by atoms with van der Waals surface area (Å²) in [5, 5.41) is 8.35. The van der Waals surface area contributed by atoms with Crippen LogP contribution in [-0.2, 0) is 14.2 Å². The molecule has 0 atom stereocenters. The maximum atomic E-state index is 12.5. The third-order valence-corrected chi connectivity index (χ3v) is 1.56. The Bertz CT molecular complexity index is 144. The molecule has 0 unspecified atom stereocenters. The maximum absolute atomic E-state index is 12.5. The summed E-state index contributed by atoms with van der Waals surface area (Å²) < 4.78 is 39.1. The van der Waals surface area contributed by atoms with Crippen molar-refractivity contribution in [2.45, 2.75) is 19.5 Å². The Hall–Kier alpha value is -0.300. The smallest absolute Gasteiger partial charge is 0.355 e. The van der Waals surface area contributed by atoms with Crippen molar-refractivity contribution >= 4 is 0 Å². The van der Waals surface area contributed by atoms with Crippen LogP contribution in [0.2, 0.25) is 0 Å². The van der Waals surface area contributed by atoms with Gasteiger partial charge in [-0.3, -0.25) is 0 Å². The van der Waals surface area contributed by atoms with E-state index in [1.54, 1.807) is 0 Å². The SMILES string of the molecule is CCC(F)(F)OCCOCCOCCO. The van der Waals surface area contributed by atoms with Crippen molar-refractivity contribution in [3.63, 3.8) is 0 Å². The number of halogens is 2. The minimum absolute atomic E-state index is 0.0359. The second kappa shape index (κ2) is 8.96. The molecule has 0 aliphatic rings. The molecule has 1 N–H and O–H groups in total. The van der Waals surface area contributed by atoms with Crippen molar-refractivity contribution in [3.8, 4) is 0 Å². The molecular weight excluding hydrogens is 210 g/mol. The summed E-state index contributed by atoms with van der Waals surface area (Å²) in [6, 6.07) is 0. The van der Waals surface area contributed by atoms with Crippen molar-refractivity contribution in [2.75, 3.05) is 39.6 Å². The van der Waals surface area contributed by atoms with Gasteiger partial charge in [0.1, 0.15) is 0 Å². The first kappa shape index (κ1) is 14.7. The van der Waals surface area contributed by atoms with Crippen LogP contribution in [0.5, 0.6) is 0 Å². The van der Waals surface area contributed by atoms with Gasteiger partial charge in [-0.1, -0.05) is 6.92 Å². The Morgan fingerprint density at radius 2 is 1.53 bits per heavy atom. The van der Waals surface area contributed by atoms with Crippen LogP contribution in [0.1, 0.15) is 13.3 Å². The Balaban J connectivity index is 3.11. The summed E-state index contributed by atoms with van der Waals surface area (Å²) in [6.45, 7) is 2.19. The van der Waals surface area contributed by atoms with Gasteiger partial charge >= 0.3 is 6.11 Å². The first-order chi connectivity index (χ1) is 7.12. The highest BCUT2D eigenvalue weighted by Gasteiger charge is 2.26. The normalized spacial score (nSPS) is 12.0. The molecule has 6 heteroatoms. The summed E-state index contributed by atoms with van der Waals surface area (Å²) >= 11 is 0. The van der Waals surface area contributed by atoms with Gasteiger partial charge in [0.15, 0.2) is 0 Å². The summed E-state index contributed by atoms with van der Waals surface area (Å²) in [5.74, 6) is 0. The Morgan fingerprint density at radius 3 is 2.07 bits per heavy atom. The molecule has 0 aliphatic carbocycles. The van der Waals surface area contributed by atoms with Crippen molar-refractivity contribution in [3.05, 3.63) is 0 Å². The lowest BCUT2D eigenvalue weighted by molar-refractivity contribution is -0.244. The number of rotatable bonds is 10. The Morgan fingerprint density at radius 1 is 1.00 bits per heavy atom. The summed E-state index contributed by atoms with van der Waals surface area (Å²) in [6.07, 6.45) is -3.40. The fourth-order valence-electron chi connectivity index (χ4n) is 0.738. The minimum atomic E-state index is -3.06. The number of aliphatic hydroxyl groups excluding tert-OH is 1. The predicted molar refractivity (Wildman–Crippen MR) is 49.9 cm³/mol. The van der Waals surface area contributed by atoms with Crippen LogP contribution >= 0.6 is 0 Å². The van der Waals surface area contributed by atoms with Gasteiger partial charge in [0.2, 0.25) is 0 Å². The van der Waals surface area contributed by atoms with Gasteiger partial charge in [-0.15, -0.1) is 0 Å². The molecule has 0 aromatic heterocycles. The number of aliphatic hydroxyl groups is 1. The van der Waals surface area contributed by atoms with Gasteiger partial charge in [0.25, 0.3) is 0 Å². The summed E-state index contributed by atoms with van der Waals surface area (Å²) in [5.41, 5.74) is 0. The van der Waals surface area contributed by atoms with Crippen molar-refractivity contribution in [1.29, 1.82) is 0 Å².